The van der Waals surface area contributed by atoms with Crippen molar-refractivity contribution in [1.82, 2.24) is 0 Å². The first-order valence-electron chi connectivity index (χ1n) is 6.75. The molecule has 21 heavy (non-hydrogen) atoms. The summed E-state index contributed by atoms with van der Waals surface area (Å²) in [6.07, 6.45) is 0. The van der Waals surface area contributed by atoms with Crippen molar-refractivity contribution in [3.63, 3.8) is 0 Å². The number of rotatable bonds is 1. The van der Waals surface area contributed by atoms with Crippen molar-refractivity contribution < 1.29 is 0 Å². The van der Waals surface area contributed by atoms with Crippen LogP contribution in [0.25, 0.3) is 10.8 Å². The van der Waals surface area contributed by atoms with E-state index in [0.29, 0.717) is 5.02 Å². The summed E-state index contributed by atoms with van der Waals surface area (Å²) in [7, 11) is 1.88. The molecule has 0 heterocycles. The van der Waals surface area contributed by atoms with Gasteiger partial charge in [-0.25, -0.2) is 0 Å². The lowest BCUT2D eigenvalue weighted by atomic mass is 10.0. The third kappa shape index (κ3) is 2.86. The Hall–Kier alpha value is -2.43. The Kier molecular flexibility index (Phi) is 3.81. The molecule has 0 amide bonds. The molecule has 0 bridgehead atoms. The molecule has 0 saturated heterocycles. The maximum Gasteiger partial charge on any atom is 0.0497 e. The maximum atomic E-state index is 6.06. The molecule has 0 aromatic heterocycles. The molecule has 2 heteroatoms. The molecule has 0 radical (unpaired) electrons. The second-order valence-electron chi connectivity index (χ2n) is 4.72. The highest BCUT2D eigenvalue weighted by Gasteiger charge is 2.00. The van der Waals surface area contributed by atoms with Crippen LogP contribution in [-0.4, -0.2) is 7.05 Å². The quantitative estimate of drug-likeness (QED) is 0.627. The maximum absolute atomic E-state index is 6.06. The Morgan fingerprint density at radius 3 is 2.48 bits per heavy atom. The van der Waals surface area contributed by atoms with Crippen molar-refractivity contribution in [2.24, 2.45) is 0 Å². The molecule has 3 rings (SSSR count). The van der Waals surface area contributed by atoms with E-state index in [0.717, 1.165) is 16.8 Å². The van der Waals surface area contributed by atoms with Crippen LogP contribution >= 0.6 is 11.6 Å². The fourth-order valence-electron chi connectivity index (χ4n) is 2.31. The molecular formula is C19H14ClN. The van der Waals surface area contributed by atoms with Gasteiger partial charge in [0.2, 0.25) is 0 Å². The summed E-state index contributed by atoms with van der Waals surface area (Å²) >= 11 is 6.06. The molecule has 0 unspecified atom stereocenters. The Balaban J connectivity index is 2.10. The highest BCUT2D eigenvalue weighted by atomic mass is 35.5. The standard InChI is InChI=1S/C19H14ClN/c1-21-19-12-11-17(20)13-16(19)10-9-15-7-4-6-14-5-2-3-8-18(14)15/h2-8,11-13,21H,1H3. The van der Waals surface area contributed by atoms with Gasteiger partial charge in [-0.1, -0.05) is 59.8 Å². The lowest BCUT2D eigenvalue weighted by Crippen LogP contribution is -1.91. The SMILES string of the molecule is CNc1ccc(Cl)cc1C#Cc1cccc2ccccc12. The fraction of sp³-hybridized carbons (Fsp3) is 0.0526. The van der Waals surface area contributed by atoms with Crippen molar-refractivity contribution in [1.29, 1.82) is 0 Å². The lowest BCUT2D eigenvalue weighted by Gasteiger charge is -2.04. The number of fused-ring (bicyclic) bond motifs is 1. The number of anilines is 1. The van der Waals surface area contributed by atoms with E-state index in [9.17, 15) is 0 Å². The average Bonchev–Trinajstić information content (AvgIpc) is 2.53. The first-order valence-corrected chi connectivity index (χ1v) is 7.13. The summed E-state index contributed by atoms with van der Waals surface area (Å²) in [6.45, 7) is 0. The fourth-order valence-corrected chi connectivity index (χ4v) is 2.48. The molecule has 1 N–H and O–H groups in total. The Labute approximate surface area is 129 Å². The van der Waals surface area contributed by atoms with Gasteiger partial charge >= 0.3 is 0 Å². The van der Waals surface area contributed by atoms with Gasteiger partial charge in [-0.3, -0.25) is 0 Å². The second-order valence-corrected chi connectivity index (χ2v) is 5.15. The molecule has 0 aliphatic rings. The van der Waals surface area contributed by atoms with Crippen molar-refractivity contribution in [3.8, 4) is 11.8 Å². The van der Waals surface area contributed by atoms with Gasteiger partial charge in [-0.15, -0.1) is 0 Å². The minimum Gasteiger partial charge on any atom is -0.387 e. The third-order valence-electron chi connectivity index (χ3n) is 3.37. The van der Waals surface area contributed by atoms with Gasteiger partial charge < -0.3 is 5.32 Å². The molecule has 0 saturated carbocycles. The predicted octanol–water partition coefficient (Wildman–Crippen LogP) is 4.93. The molecule has 3 aromatic rings. The number of hydrogen-bond acceptors (Lipinski definition) is 1. The van der Waals surface area contributed by atoms with Gasteiger partial charge in [-0.05, 0) is 35.0 Å². The van der Waals surface area contributed by atoms with Crippen molar-refractivity contribution in [3.05, 3.63) is 76.8 Å². The minimum atomic E-state index is 0.691. The molecule has 102 valence electrons. The van der Waals surface area contributed by atoms with E-state index >= 15 is 0 Å². The van der Waals surface area contributed by atoms with E-state index in [-0.39, 0.29) is 0 Å². The predicted molar refractivity (Wildman–Crippen MR) is 90.9 cm³/mol. The first-order chi connectivity index (χ1) is 10.3. The molecule has 0 spiro atoms. The van der Waals surface area contributed by atoms with Crippen LogP contribution in [-0.2, 0) is 0 Å². The van der Waals surface area contributed by atoms with Crippen LogP contribution in [0.15, 0.2) is 60.7 Å². The van der Waals surface area contributed by atoms with Gasteiger partial charge in [-0.2, -0.15) is 0 Å². The van der Waals surface area contributed by atoms with Crippen molar-refractivity contribution in [2.45, 2.75) is 0 Å². The summed E-state index contributed by atoms with van der Waals surface area (Å²) in [5.74, 6) is 6.47. The third-order valence-corrected chi connectivity index (χ3v) is 3.61. The van der Waals surface area contributed by atoms with E-state index < -0.39 is 0 Å². The summed E-state index contributed by atoms with van der Waals surface area (Å²) in [5.41, 5.74) is 2.90. The van der Waals surface area contributed by atoms with E-state index in [2.05, 4.69) is 35.4 Å². The highest BCUT2D eigenvalue weighted by molar-refractivity contribution is 6.30. The zero-order valence-electron chi connectivity index (χ0n) is 11.7. The highest BCUT2D eigenvalue weighted by Crippen LogP contribution is 2.21. The zero-order valence-corrected chi connectivity index (χ0v) is 12.4. The van der Waals surface area contributed by atoms with Crippen molar-refractivity contribution >= 4 is 28.1 Å². The summed E-state index contributed by atoms with van der Waals surface area (Å²) < 4.78 is 0. The van der Waals surface area contributed by atoms with E-state index in [1.165, 1.54) is 10.8 Å². The Morgan fingerprint density at radius 2 is 1.62 bits per heavy atom. The van der Waals surface area contributed by atoms with Gasteiger partial charge in [0.1, 0.15) is 0 Å². The number of benzene rings is 3. The monoisotopic (exact) mass is 291 g/mol. The average molecular weight is 292 g/mol. The smallest absolute Gasteiger partial charge is 0.0497 e. The lowest BCUT2D eigenvalue weighted by molar-refractivity contribution is 1.49. The number of halogens is 1. The van der Waals surface area contributed by atoms with Gasteiger partial charge in [0.05, 0.1) is 0 Å². The van der Waals surface area contributed by atoms with Crippen LogP contribution in [0.4, 0.5) is 5.69 Å². The molecule has 1 nitrogen and oxygen atoms in total. The van der Waals surface area contributed by atoms with Crippen LogP contribution in [0.1, 0.15) is 11.1 Å². The minimum absolute atomic E-state index is 0.691. The second kappa shape index (κ2) is 5.91. The van der Waals surface area contributed by atoms with Crippen LogP contribution < -0.4 is 5.32 Å². The first kappa shape index (κ1) is 13.5. The molecule has 0 aliphatic heterocycles. The van der Waals surface area contributed by atoms with Crippen LogP contribution in [0, 0.1) is 11.8 Å². The molecule has 0 aliphatic carbocycles. The van der Waals surface area contributed by atoms with Crippen molar-refractivity contribution in [2.75, 3.05) is 12.4 Å². The van der Waals surface area contributed by atoms with E-state index in [1.54, 1.807) is 0 Å². The summed E-state index contributed by atoms with van der Waals surface area (Å²) in [6, 6.07) is 20.1. The van der Waals surface area contributed by atoms with Crippen LogP contribution in [0.3, 0.4) is 0 Å². The Bertz CT molecular complexity index is 851. The largest absolute Gasteiger partial charge is 0.387 e. The summed E-state index contributed by atoms with van der Waals surface area (Å²) in [5, 5.41) is 6.19. The zero-order chi connectivity index (χ0) is 14.7. The molecule has 3 aromatic carbocycles. The number of nitrogens with one attached hydrogen (secondary N) is 1. The normalized spacial score (nSPS) is 10.0. The van der Waals surface area contributed by atoms with Crippen LogP contribution in [0.2, 0.25) is 5.02 Å². The van der Waals surface area contributed by atoms with Gasteiger partial charge in [0.25, 0.3) is 0 Å². The van der Waals surface area contributed by atoms with Crippen LogP contribution in [0.5, 0.6) is 0 Å². The summed E-state index contributed by atoms with van der Waals surface area (Å²) in [4.78, 5) is 0. The topological polar surface area (TPSA) is 12.0 Å². The van der Waals surface area contributed by atoms with Gasteiger partial charge in [0, 0.05) is 28.9 Å². The molecule has 0 fully saturated rings. The molecule has 0 atom stereocenters. The number of hydrogen-bond donors (Lipinski definition) is 1. The van der Waals surface area contributed by atoms with E-state index in [1.807, 2.05) is 49.5 Å². The van der Waals surface area contributed by atoms with E-state index in [4.69, 9.17) is 11.6 Å². The van der Waals surface area contributed by atoms with Gasteiger partial charge in [0.15, 0.2) is 0 Å². The Morgan fingerprint density at radius 1 is 0.857 bits per heavy atom. The molecular weight excluding hydrogens is 278 g/mol.